The number of fused-ring (bicyclic) bond motifs is 3. The molecular formula is C63H60N21O10P. The molecule has 32 heteroatoms. The van der Waals surface area contributed by atoms with E-state index in [-0.39, 0.29) is 55.7 Å². The molecule has 0 radical (unpaired) electrons. The van der Waals surface area contributed by atoms with Crippen LogP contribution in [0.3, 0.4) is 0 Å². The number of aromatic nitrogens is 18. The fourth-order valence-electron chi connectivity index (χ4n) is 11.5. The van der Waals surface area contributed by atoms with E-state index in [1.165, 1.54) is 33.0 Å². The second kappa shape index (κ2) is 24.4. The van der Waals surface area contributed by atoms with Gasteiger partial charge in [-0.15, -0.1) is 15.3 Å². The molecule has 3 aliphatic rings. The van der Waals surface area contributed by atoms with E-state index in [4.69, 9.17) is 42.7 Å². The van der Waals surface area contributed by atoms with E-state index < -0.39 is 46.3 Å². The average Bonchev–Trinajstić information content (AvgIpc) is 1.67. The predicted octanol–water partition coefficient (Wildman–Crippen LogP) is 9.97. The van der Waals surface area contributed by atoms with Crippen molar-refractivity contribution >= 4 is 60.5 Å². The first-order valence-corrected chi connectivity index (χ1v) is 32.0. The maximum atomic E-state index is 14.8. The van der Waals surface area contributed by atoms with Gasteiger partial charge in [-0.25, -0.2) is 76.4 Å². The number of phosphoric ester groups is 1. The Kier molecular flexibility index (Phi) is 15.4. The third-order valence-electron chi connectivity index (χ3n) is 16.8. The average molecular weight is 1300 g/mol. The number of hydrogen-bond donors (Lipinski definition) is 0. The molecule has 31 nitrogen and oxygen atoms in total. The Hall–Kier alpha value is -11.1. The number of phosphoric acid groups is 1. The number of rotatable bonds is 21. The maximum Gasteiger partial charge on any atom is 0.480 e. The predicted molar refractivity (Wildman–Crippen MR) is 341 cm³/mol. The monoisotopic (exact) mass is 1300 g/mol. The summed E-state index contributed by atoms with van der Waals surface area (Å²) in [7, 11) is -4.53. The number of carbonyl (C=O) groups is 3. The molecule has 0 unspecified atom stereocenters. The summed E-state index contributed by atoms with van der Waals surface area (Å²) in [4.78, 5) is 71.3. The van der Waals surface area contributed by atoms with Crippen molar-refractivity contribution in [1.82, 2.24) is 88.1 Å². The number of amides is 3. The molecule has 3 aromatic carbocycles. The summed E-state index contributed by atoms with van der Waals surface area (Å²) in [6.45, 7) is 11.8. The Morgan fingerprint density at radius 3 is 0.968 bits per heavy atom. The highest BCUT2D eigenvalue weighted by molar-refractivity contribution is 7.48. The number of cyclic esters (lactones) is 3. The van der Waals surface area contributed by atoms with Gasteiger partial charge in [-0.3, -0.25) is 28.3 Å². The molecule has 0 saturated carbocycles. The molecule has 12 aromatic rings. The first-order valence-electron chi connectivity index (χ1n) is 30.5. The molecule has 3 fully saturated rings. The normalized spacial score (nSPS) is 16.9. The Labute approximate surface area is 540 Å². The van der Waals surface area contributed by atoms with E-state index in [0.717, 1.165) is 33.4 Å². The number of nitrogens with zero attached hydrogens (tertiary/aromatic N) is 21. The van der Waals surface area contributed by atoms with Gasteiger partial charge in [0.25, 0.3) is 0 Å². The Balaban J connectivity index is 0.644. The van der Waals surface area contributed by atoms with Crippen molar-refractivity contribution in [2.75, 3.05) is 34.5 Å². The third kappa shape index (κ3) is 11.5. The number of benzene rings is 3. The van der Waals surface area contributed by atoms with Gasteiger partial charge < -0.3 is 14.2 Å². The molecule has 9 aromatic heterocycles. The summed E-state index contributed by atoms with van der Waals surface area (Å²) < 4.78 is 57.9. The van der Waals surface area contributed by atoms with Gasteiger partial charge in [0.15, 0.2) is 54.6 Å². The molecule has 0 N–H and O–H groups in total. The highest BCUT2D eigenvalue weighted by Crippen LogP contribution is 2.50. The molecule has 15 rings (SSSR count). The van der Waals surface area contributed by atoms with E-state index in [1.54, 1.807) is 83.6 Å². The summed E-state index contributed by atoms with van der Waals surface area (Å²) in [5.74, 6) is 2.92. The van der Waals surface area contributed by atoms with Gasteiger partial charge in [0, 0.05) is 52.0 Å². The van der Waals surface area contributed by atoms with Crippen molar-refractivity contribution in [3.63, 3.8) is 0 Å². The van der Waals surface area contributed by atoms with Crippen LogP contribution in [0, 0.1) is 17.8 Å². The molecule has 95 heavy (non-hydrogen) atoms. The first-order chi connectivity index (χ1) is 46.1. The van der Waals surface area contributed by atoms with Gasteiger partial charge in [-0.1, -0.05) is 114 Å². The van der Waals surface area contributed by atoms with E-state index >= 15 is 0 Å². The summed E-state index contributed by atoms with van der Waals surface area (Å²) >= 11 is 0. The highest BCUT2D eigenvalue weighted by Gasteiger charge is 2.40. The Morgan fingerprint density at radius 1 is 0.421 bits per heavy atom. The summed E-state index contributed by atoms with van der Waals surface area (Å²) in [6, 6.07) is 27.3. The fraction of sp³-hybridized carbons (Fsp3) is 0.286. The third-order valence-corrected chi connectivity index (χ3v) is 18.1. The van der Waals surface area contributed by atoms with Crippen molar-refractivity contribution in [2.45, 2.75) is 79.9 Å². The summed E-state index contributed by atoms with van der Waals surface area (Å²) in [5, 5.41) is 27.4. The first kappa shape index (κ1) is 60.1. The lowest BCUT2D eigenvalue weighted by atomic mass is 10.0. The Bertz CT molecular complexity index is 4440. The summed E-state index contributed by atoms with van der Waals surface area (Å²) in [6.07, 6.45) is 13.4. The molecule has 0 spiro atoms. The number of hydrogen-bond acceptors (Lipinski definition) is 22. The van der Waals surface area contributed by atoms with Crippen molar-refractivity contribution < 1.29 is 46.7 Å². The topological polar surface area (TPSA) is 316 Å². The number of anilines is 3. The van der Waals surface area contributed by atoms with Crippen molar-refractivity contribution in [1.29, 1.82) is 0 Å². The van der Waals surface area contributed by atoms with Crippen LogP contribution in [0.2, 0.25) is 0 Å². The van der Waals surface area contributed by atoms with Crippen LogP contribution in [0.4, 0.5) is 31.8 Å². The zero-order valence-corrected chi connectivity index (χ0v) is 52.9. The standard InChI is InChI=1S/C63H60N21O10P/c1-37(2)49-28-89-61(85)82(49)52-19-22-79-58(70-52)46(25-67-79)40-7-13-43(14-8-40)55-64-31-76(73-55)34-92-95(88,93-35-77-32-65-56(74-77)44-15-9-41(10-16-44)47-26-68-80-23-20-53(71-59(47)80)83-50(38(3)4)29-90-62(83)86)94-36-78-33-66-57(75-78)45-17-11-42(12-18-45)48-27-69-81-24-21-54(72-60(48)81)84-51(39(5)6)30-91-63(84)87/h7-27,31-33,37-39,49-51H,28-30,34-36H2,1-6H3/t49-,50-,51-/m1/s1. The fourth-order valence-corrected chi connectivity index (χ4v) is 12.5. The molecule has 482 valence electrons. The lowest BCUT2D eigenvalue weighted by Crippen LogP contribution is -2.37. The van der Waals surface area contributed by atoms with Crippen LogP contribution in [0.15, 0.2) is 147 Å². The number of carbonyl (C=O) groups excluding carboxylic acids is 3. The van der Waals surface area contributed by atoms with Gasteiger partial charge >= 0.3 is 26.1 Å². The molecule has 0 bridgehead atoms. The maximum absolute atomic E-state index is 14.8. The van der Waals surface area contributed by atoms with Crippen molar-refractivity contribution in [3.8, 4) is 67.5 Å². The largest absolute Gasteiger partial charge is 0.480 e. The SMILES string of the molecule is CC(C)[C@H]1COC(=O)N1c1ccn2ncc(-c3ccc(-c4ncn(COP(=O)(OCn5cnc(-c6ccc(-c7cnn8ccc(N9C(=O)OC[C@@H]9C(C)C)nc78)cc6)n5)OCn5cnc(-c6ccc(-c7cnn8ccc(N9C(=O)OC[C@@H]9C(C)C)nc78)cc6)n5)n4)cc3)c2n1. The smallest absolute Gasteiger partial charge is 0.447 e. The van der Waals surface area contributed by atoms with Crippen LogP contribution in [-0.4, -0.2) is 144 Å². The molecule has 12 heterocycles. The van der Waals surface area contributed by atoms with Crippen LogP contribution in [0.1, 0.15) is 41.5 Å². The quantitative estimate of drug-likeness (QED) is 0.0477. The van der Waals surface area contributed by atoms with E-state index in [9.17, 15) is 18.9 Å². The minimum atomic E-state index is -4.53. The van der Waals surface area contributed by atoms with Crippen LogP contribution < -0.4 is 14.7 Å². The van der Waals surface area contributed by atoms with Crippen LogP contribution in [-0.2, 0) is 52.5 Å². The van der Waals surface area contributed by atoms with Gasteiger partial charge in [0.1, 0.15) is 56.3 Å². The van der Waals surface area contributed by atoms with Gasteiger partial charge in [-0.2, -0.15) is 15.3 Å². The van der Waals surface area contributed by atoms with Crippen molar-refractivity contribution in [2.24, 2.45) is 17.8 Å². The van der Waals surface area contributed by atoms with Gasteiger partial charge in [0.2, 0.25) is 0 Å². The van der Waals surface area contributed by atoms with E-state index in [1.807, 2.05) is 114 Å². The lowest BCUT2D eigenvalue weighted by Gasteiger charge is -2.23. The minimum absolute atomic E-state index is 0.151. The molecule has 3 saturated heterocycles. The number of ether oxygens (including phenoxy) is 3. The molecule has 3 atom stereocenters. The minimum Gasteiger partial charge on any atom is -0.447 e. The Morgan fingerprint density at radius 2 is 0.695 bits per heavy atom. The molecule has 3 aliphatic heterocycles. The van der Waals surface area contributed by atoms with E-state index in [2.05, 4.69) is 45.5 Å². The summed E-state index contributed by atoms with van der Waals surface area (Å²) in [5.41, 5.74) is 8.36. The zero-order chi connectivity index (χ0) is 65.2. The molecular weight excluding hydrogens is 1240 g/mol. The lowest BCUT2D eigenvalue weighted by molar-refractivity contribution is 0.0456. The van der Waals surface area contributed by atoms with Crippen molar-refractivity contribution in [3.05, 3.63) is 147 Å². The zero-order valence-electron chi connectivity index (χ0n) is 52.0. The van der Waals surface area contributed by atoms with E-state index in [0.29, 0.717) is 68.6 Å². The molecule has 3 amide bonds. The highest BCUT2D eigenvalue weighted by atomic mass is 31.2. The van der Waals surface area contributed by atoms with Gasteiger partial charge in [-0.05, 0) is 52.6 Å². The second-order valence-corrected chi connectivity index (χ2v) is 25.6. The second-order valence-electron chi connectivity index (χ2n) is 23.9. The van der Waals surface area contributed by atoms with Crippen LogP contribution >= 0.6 is 7.82 Å². The molecule has 0 aliphatic carbocycles. The van der Waals surface area contributed by atoms with Crippen LogP contribution in [0.5, 0.6) is 0 Å². The van der Waals surface area contributed by atoms with Gasteiger partial charge in [0.05, 0.1) is 36.7 Å². The van der Waals surface area contributed by atoms with Crippen LogP contribution in [0.25, 0.3) is 84.5 Å².